The summed E-state index contributed by atoms with van der Waals surface area (Å²) in [6, 6.07) is 5.68. The van der Waals surface area contributed by atoms with E-state index in [2.05, 4.69) is 14.9 Å². The first-order valence-corrected chi connectivity index (χ1v) is 7.32. The Morgan fingerprint density at radius 3 is 3.10 bits per heavy atom. The van der Waals surface area contributed by atoms with Crippen LogP contribution in [0.2, 0.25) is 0 Å². The molecule has 0 bridgehead atoms. The molecule has 2 heterocycles. The minimum atomic E-state index is 0.199. The summed E-state index contributed by atoms with van der Waals surface area (Å²) in [5.74, 6) is 1.14. The van der Waals surface area contributed by atoms with Crippen LogP contribution in [0.1, 0.15) is 12.2 Å². The number of nitrogens with one attached hydrogen (secondary N) is 1. The second kappa shape index (κ2) is 5.73. The molecule has 1 aliphatic rings. The highest BCUT2D eigenvalue weighted by atomic mass is 16.2. The molecule has 0 atom stereocenters. The molecule has 112 valence electrons. The van der Waals surface area contributed by atoms with Crippen LogP contribution in [-0.2, 0) is 11.2 Å². The second-order valence-electron chi connectivity index (χ2n) is 5.66. The summed E-state index contributed by atoms with van der Waals surface area (Å²) >= 11 is 0. The third-order valence-corrected chi connectivity index (χ3v) is 3.97. The van der Waals surface area contributed by atoms with Crippen molar-refractivity contribution >= 4 is 22.6 Å². The van der Waals surface area contributed by atoms with E-state index in [1.54, 1.807) is 0 Å². The van der Waals surface area contributed by atoms with Gasteiger partial charge in [0.2, 0.25) is 5.91 Å². The Bertz CT molecular complexity index is 651. The Morgan fingerprint density at radius 1 is 1.38 bits per heavy atom. The molecule has 1 saturated heterocycles. The van der Waals surface area contributed by atoms with Crippen molar-refractivity contribution < 1.29 is 4.79 Å². The molecular weight excluding hydrogens is 266 g/mol. The molecule has 3 N–H and O–H groups in total. The fraction of sp³-hybridized carbons (Fsp3) is 0.467. The van der Waals surface area contributed by atoms with Crippen LogP contribution in [0.5, 0.6) is 0 Å². The SMILES string of the molecule is CN1CCCN(CCc2nc3ccc(N)cc3[nH]2)CC1=O. The van der Waals surface area contributed by atoms with Crippen LogP contribution in [0.4, 0.5) is 5.69 Å². The Morgan fingerprint density at radius 2 is 2.24 bits per heavy atom. The van der Waals surface area contributed by atoms with Gasteiger partial charge in [0.1, 0.15) is 5.82 Å². The molecule has 0 unspecified atom stereocenters. The molecule has 0 saturated carbocycles. The number of carbonyl (C=O) groups is 1. The predicted molar refractivity (Wildman–Crippen MR) is 82.9 cm³/mol. The first kappa shape index (κ1) is 13.9. The summed E-state index contributed by atoms with van der Waals surface area (Å²) in [7, 11) is 1.87. The molecule has 2 aromatic rings. The topological polar surface area (TPSA) is 78.2 Å². The third kappa shape index (κ3) is 3.16. The number of nitrogen functional groups attached to an aromatic ring is 1. The van der Waals surface area contributed by atoms with E-state index in [0.29, 0.717) is 6.54 Å². The molecule has 1 aromatic carbocycles. The number of fused-ring (bicyclic) bond motifs is 1. The Balaban J connectivity index is 1.64. The minimum Gasteiger partial charge on any atom is -0.399 e. The van der Waals surface area contributed by atoms with Crippen LogP contribution >= 0.6 is 0 Å². The van der Waals surface area contributed by atoms with E-state index < -0.39 is 0 Å². The lowest BCUT2D eigenvalue weighted by atomic mass is 10.3. The van der Waals surface area contributed by atoms with Gasteiger partial charge in [0.15, 0.2) is 0 Å². The van der Waals surface area contributed by atoms with Crippen molar-refractivity contribution in [3.8, 4) is 0 Å². The van der Waals surface area contributed by atoms with Crippen molar-refractivity contribution in [3.63, 3.8) is 0 Å². The summed E-state index contributed by atoms with van der Waals surface area (Å²) < 4.78 is 0. The van der Waals surface area contributed by atoms with Gasteiger partial charge in [-0.3, -0.25) is 9.69 Å². The molecule has 1 aromatic heterocycles. The molecule has 21 heavy (non-hydrogen) atoms. The molecular formula is C15H21N5O. The van der Waals surface area contributed by atoms with Gasteiger partial charge in [-0.2, -0.15) is 0 Å². The van der Waals surface area contributed by atoms with Gasteiger partial charge < -0.3 is 15.6 Å². The highest BCUT2D eigenvalue weighted by molar-refractivity contribution is 5.79. The number of nitrogens with two attached hydrogens (primary N) is 1. The molecule has 1 amide bonds. The number of carbonyl (C=O) groups excluding carboxylic acids is 1. The molecule has 1 fully saturated rings. The minimum absolute atomic E-state index is 0.199. The number of nitrogens with zero attached hydrogens (tertiary/aromatic N) is 3. The van der Waals surface area contributed by atoms with Crippen molar-refractivity contribution in [3.05, 3.63) is 24.0 Å². The van der Waals surface area contributed by atoms with E-state index in [1.807, 2.05) is 30.1 Å². The molecule has 0 radical (unpaired) electrons. The molecule has 1 aliphatic heterocycles. The maximum Gasteiger partial charge on any atom is 0.236 e. The largest absolute Gasteiger partial charge is 0.399 e. The number of aromatic amines is 1. The monoisotopic (exact) mass is 287 g/mol. The van der Waals surface area contributed by atoms with E-state index in [0.717, 1.165) is 55.0 Å². The number of benzene rings is 1. The Kier molecular flexibility index (Phi) is 3.79. The van der Waals surface area contributed by atoms with Crippen molar-refractivity contribution in [2.75, 3.05) is 39.0 Å². The summed E-state index contributed by atoms with van der Waals surface area (Å²) in [6.45, 7) is 3.15. The summed E-state index contributed by atoms with van der Waals surface area (Å²) in [5, 5.41) is 0. The van der Waals surface area contributed by atoms with Crippen LogP contribution < -0.4 is 5.73 Å². The van der Waals surface area contributed by atoms with Crippen LogP contribution in [0.25, 0.3) is 11.0 Å². The summed E-state index contributed by atoms with van der Waals surface area (Å²) in [6.07, 6.45) is 1.84. The van der Waals surface area contributed by atoms with Gasteiger partial charge in [-0.15, -0.1) is 0 Å². The van der Waals surface area contributed by atoms with Crippen molar-refractivity contribution in [1.29, 1.82) is 0 Å². The Labute approximate surface area is 123 Å². The smallest absolute Gasteiger partial charge is 0.236 e. The third-order valence-electron chi connectivity index (χ3n) is 3.97. The fourth-order valence-corrected chi connectivity index (χ4v) is 2.70. The molecule has 0 aliphatic carbocycles. The lowest BCUT2D eigenvalue weighted by Gasteiger charge is -2.18. The number of rotatable bonds is 3. The number of hydrogen-bond donors (Lipinski definition) is 2. The molecule has 3 rings (SSSR count). The number of aromatic nitrogens is 2. The van der Waals surface area contributed by atoms with Crippen LogP contribution in [0.15, 0.2) is 18.2 Å². The highest BCUT2D eigenvalue weighted by Crippen LogP contribution is 2.15. The van der Waals surface area contributed by atoms with Crippen LogP contribution in [0.3, 0.4) is 0 Å². The number of H-pyrrole nitrogens is 1. The number of hydrogen-bond acceptors (Lipinski definition) is 4. The highest BCUT2D eigenvalue weighted by Gasteiger charge is 2.18. The predicted octanol–water partition coefficient (Wildman–Crippen LogP) is 0.852. The first-order valence-electron chi connectivity index (χ1n) is 7.32. The number of amides is 1. The zero-order valence-electron chi connectivity index (χ0n) is 12.3. The lowest BCUT2D eigenvalue weighted by molar-refractivity contribution is -0.129. The standard InChI is InChI=1S/C15H21N5O/c1-19-6-2-7-20(10-15(19)21)8-5-14-17-12-4-3-11(16)9-13(12)18-14/h3-4,9H,2,5-8,10,16H2,1H3,(H,17,18). The molecule has 0 spiro atoms. The zero-order chi connectivity index (χ0) is 14.8. The van der Waals surface area contributed by atoms with Gasteiger partial charge in [0.05, 0.1) is 17.6 Å². The lowest BCUT2D eigenvalue weighted by Crippen LogP contribution is -2.35. The van der Waals surface area contributed by atoms with Crippen molar-refractivity contribution in [2.24, 2.45) is 0 Å². The average molecular weight is 287 g/mol. The zero-order valence-corrected chi connectivity index (χ0v) is 12.3. The first-order chi connectivity index (χ1) is 10.1. The quantitative estimate of drug-likeness (QED) is 0.820. The van der Waals surface area contributed by atoms with Gasteiger partial charge >= 0.3 is 0 Å². The van der Waals surface area contributed by atoms with Crippen LogP contribution in [-0.4, -0.2) is 58.9 Å². The number of anilines is 1. The summed E-state index contributed by atoms with van der Waals surface area (Å²) in [5.41, 5.74) is 8.41. The van der Waals surface area contributed by atoms with E-state index in [9.17, 15) is 4.79 Å². The average Bonchev–Trinajstić information content (AvgIpc) is 2.78. The van der Waals surface area contributed by atoms with Gasteiger partial charge in [0, 0.05) is 38.8 Å². The Hall–Kier alpha value is -2.08. The maximum absolute atomic E-state index is 11.9. The molecule has 6 heteroatoms. The normalized spacial score (nSPS) is 17.4. The molecule has 6 nitrogen and oxygen atoms in total. The van der Waals surface area contributed by atoms with Gasteiger partial charge in [-0.25, -0.2) is 4.98 Å². The van der Waals surface area contributed by atoms with E-state index in [-0.39, 0.29) is 5.91 Å². The van der Waals surface area contributed by atoms with Crippen molar-refractivity contribution in [1.82, 2.24) is 19.8 Å². The van der Waals surface area contributed by atoms with Crippen molar-refractivity contribution in [2.45, 2.75) is 12.8 Å². The number of imidazole rings is 1. The van der Waals surface area contributed by atoms with Crippen LogP contribution in [0, 0.1) is 0 Å². The van der Waals surface area contributed by atoms with Gasteiger partial charge in [-0.05, 0) is 24.6 Å². The fourth-order valence-electron chi connectivity index (χ4n) is 2.70. The second-order valence-corrected chi connectivity index (χ2v) is 5.66. The van der Waals surface area contributed by atoms with E-state index in [1.165, 1.54) is 0 Å². The summed E-state index contributed by atoms with van der Waals surface area (Å²) in [4.78, 5) is 23.7. The van der Waals surface area contributed by atoms with E-state index >= 15 is 0 Å². The van der Waals surface area contributed by atoms with Gasteiger partial charge in [0.25, 0.3) is 0 Å². The van der Waals surface area contributed by atoms with E-state index in [4.69, 9.17) is 5.73 Å². The maximum atomic E-state index is 11.9. The number of likely N-dealkylation sites (N-methyl/N-ethyl adjacent to an activating group) is 1. The van der Waals surface area contributed by atoms with Gasteiger partial charge in [-0.1, -0.05) is 0 Å².